The number of ether oxygens (including phenoxy) is 1. The van der Waals surface area contributed by atoms with Gasteiger partial charge in [-0.2, -0.15) is 0 Å². The summed E-state index contributed by atoms with van der Waals surface area (Å²) in [6.07, 6.45) is 3.90. The summed E-state index contributed by atoms with van der Waals surface area (Å²) >= 11 is 0. The summed E-state index contributed by atoms with van der Waals surface area (Å²) in [5, 5.41) is -0.372. The van der Waals surface area contributed by atoms with E-state index >= 15 is 0 Å². The summed E-state index contributed by atoms with van der Waals surface area (Å²) < 4.78 is 29.5. The van der Waals surface area contributed by atoms with Crippen LogP contribution in [0.15, 0.2) is 29.2 Å². The van der Waals surface area contributed by atoms with Crippen molar-refractivity contribution < 1.29 is 13.2 Å². The van der Waals surface area contributed by atoms with Gasteiger partial charge in [0.15, 0.2) is 9.84 Å². The Morgan fingerprint density at radius 1 is 1.16 bits per heavy atom. The molecule has 0 amide bonds. The van der Waals surface area contributed by atoms with Crippen LogP contribution in [0.4, 0.5) is 0 Å². The van der Waals surface area contributed by atoms with Crippen LogP contribution < -0.4 is 0 Å². The van der Waals surface area contributed by atoms with Gasteiger partial charge >= 0.3 is 0 Å². The molecule has 4 heteroatoms. The van der Waals surface area contributed by atoms with Gasteiger partial charge in [0.05, 0.1) is 22.4 Å². The number of hydrogen-bond acceptors (Lipinski definition) is 3. The van der Waals surface area contributed by atoms with Gasteiger partial charge in [0.25, 0.3) is 0 Å². The van der Waals surface area contributed by atoms with E-state index in [9.17, 15) is 8.42 Å². The van der Waals surface area contributed by atoms with Crippen molar-refractivity contribution in [1.82, 2.24) is 0 Å². The van der Waals surface area contributed by atoms with Crippen LogP contribution in [-0.4, -0.2) is 25.9 Å². The Labute approximate surface area is 115 Å². The fourth-order valence-corrected chi connectivity index (χ4v) is 3.28. The van der Waals surface area contributed by atoms with E-state index in [1.165, 1.54) is 5.56 Å². The molecule has 3 nitrogen and oxygen atoms in total. The Morgan fingerprint density at radius 2 is 1.79 bits per heavy atom. The number of aryl methyl sites for hydroxylation is 1. The van der Waals surface area contributed by atoms with Crippen molar-refractivity contribution in [3.8, 4) is 0 Å². The van der Waals surface area contributed by atoms with Crippen molar-refractivity contribution in [2.75, 3.05) is 0 Å². The van der Waals surface area contributed by atoms with Gasteiger partial charge in [-0.15, -0.1) is 0 Å². The van der Waals surface area contributed by atoms with E-state index < -0.39 is 9.84 Å². The highest BCUT2D eigenvalue weighted by molar-refractivity contribution is 7.92. The third-order valence-corrected chi connectivity index (χ3v) is 5.85. The van der Waals surface area contributed by atoms with Crippen LogP contribution in [0.5, 0.6) is 0 Å². The lowest BCUT2D eigenvalue weighted by Gasteiger charge is -2.08. The lowest BCUT2D eigenvalue weighted by molar-refractivity contribution is 0.360. The molecule has 0 bridgehead atoms. The largest absolute Gasteiger partial charge is 0.370 e. The first-order chi connectivity index (χ1) is 8.95. The molecule has 2 atom stereocenters. The van der Waals surface area contributed by atoms with Gasteiger partial charge in [-0.3, -0.25) is 0 Å². The molecule has 0 spiro atoms. The summed E-state index contributed by atoms with van der Waals surface area (Å²) in [4.78, 5) is 0.417. The minimum Gasteiger partial charge on any atom is -0.370 e. The van der Waals surface area contributed by atoms with Crippen LogP contribution in [0.2, 0.25) is 0 Å². The SMILES string of the molecule is CCC1OC1CCc1ccc(S(=O)(=O)C(C)C)cc1. The molecule has 1 saturated heterocycles. The van der Waals surface area contributed by atoms with Crippen LogP contribution in [0.3, 0.4) is 0 Å². The van der Waals surface area contributed by atoms with Crippen LogP contribution in [-0.2, 0) is 21.0 Å². The van der Waals surface area contributed by atoms with Crippen LogP contribution >= 0.6 is 0 Å². The lowest BCUT2D eigenvalue weighted by atomic mass is 10.1. The van der Waals surface area contributed by atoms with E-state index in [0.717, 1.165) is 19.3 Å². The summed E-state index contributed by atoms with van der Waals surface area (Å²) in [5.41, 5.74) is 1.17. The molecule has 1 aliphatic rings. The Hall–Kier alpha value is -0.870. The molecule has 106 valence electrons. The first-order valence-electron chi connectivity index (χ1n) is 6.93. The highest BCUT2D eigenvalue weighted by atomic mass is 32.2. The maximum Gasteiger partial charge on any atom is 0.180 e. The van der Waals surface area contributed by atoms with Crippen LogP contribution in [0, 0.1) is 0 Å². The number of hydrogen-bond donors (Lipinski definition) is 0. The molecule has 1 aromatic rings. The van der Waals surface area contributed by atoms with E-state index in [2.05, 4.69) is 6.92 Å². The summed E-state index contributed by atoms with van der Waals surface area (Å²) in [6, 6.07) is 7.27. The van der Waals surface area contributed by atoms with Crippen LogP contribution in [0.25, 0.3) is 0 Å². The van der Waals surface area contributed by atoms with Crippen molar-refractivity contribution in [1.29, 1.82) is 0 Å². The molecular weight excluding hydrogens is 260 g/mol. The highest BCUT2D eigenvalue weighted by Gasteiger charge is 2.35. The monoisotopic (exact) mass is 282 g/mol. The maximum atomic E-state index is 12.0. The quantitative estimate of drug-likeness (QED) is 0.754. The second-order valence-corrected chi connectivity index (χ2v) is 7.90. The molecule has 19 heavy (non-hydrogen) atoms. The zero-order valence-corrected chi connectivity index (χ0v) is 12.6. The molecule has 1 aromatic carbocycles. The Bertz CT molecular complexity index is 517. The second kappa shape index (κ2) is 5.63. The molecule has 0 radical (unpaired) electrons. The van der Waals surface area contributed by atoms with Gasteiger partial charge in [-0.05, 0) is 50.8 Å². The zero-order valence-electron chi connectivity index (χ0n) is 11.8. The maximum absolute atomic E-state index is 12.0. The molecule has 1 aliphatic heterocycles. The van der Waals surface area contributed by atoms with Crippen LogP contribution in [0.1, 0.15) is 39.2 Å². The molecule has 2 rings (SSSR count). The molecule has 0 aliphatic carbocycles. The molecule has 0 saturated carbocycles. The fraction of sp³-hybridized carbons (Fsp3) is 0.600. The minimum absolute atomic E-state index is 0.372. The fourth-order valence-electron chi connectivity index (χ4n) is 2.22. The van der Waals surface area contributed by atoms with Crippen molar-refractivity contribution in [3.63, 3.8) is 0 Å². The lowest BCUT2D eigenvalue weighted by Crippen LogP contribution is -2.13. The number of benzene rings is 1. The van der Waals surface area contributed by atoms with E-state index in [4.69, 9.17) is 4.74 Å². The standard InChI is InChI=1S/C15H22O3S/c1-4-14-15(18-14)10-7-12-5-8-13(9-6-12)19(16,17)11(2)3/h5-6,8-9,11,14-15H,4,7,10H2,1-3H3. The highest BCUT2D eigenvalue weighted by Crippen LogP contribution is 2.29. The molecular formula is C15H22O3S. The number of rotatable bonds is 6. The van der Waals surface area contributed by atoms with Crippen molar-refractivity contribution in [2.24, 2.45) is 0 Å². The normalized spacial score (nSPS) is 22.7. The van der Waals surface area contributed by atoms with E-state index in [1.807, 2.05) is 12.1 Å². The average molecular weight is 282 g/mol. The molecule has 2 unspecified atom stereocenters. The van der Waals surface area contributed by atoms with Gasteiger partial charge in [-0.25, -0.2) is 8.42 Å². The second-order valence-electron chi connectivity index (χ2n) is 5.40. The van der Waals surface area contributed by atoms with Gasteiger partial charge in [-0.1, -0.05) is 19.1 Å². The smallest absolute Gasteiger partial charge is 0.180 e. The Kier molecular flexibility index (Phi) is 4.31. The van der Waals surface area contributed by atoms with Gasteiger partial charge in [0.2, 0.25) is 0 Å². The first kappa shape index (κ1) is 14.5. The summed E-state index contributed by atoms with van der Waals surface area (Å²) in [7, 11) is -3.15. The van der Waals surface area contributed by atoms with E-state index in [1.54, 1.807) is 26.0 Å². The number of sulfone groups is 1. The van der Waals surface area contributed by atoms with Gasteiger partial charge in [0, 0.05) is 0 Å². The van der Waals surface area contributed by atoms with E-state index in [0.29, 0.717) is 17.1 Å². The van der Waals surface area contributed by atoms with Gasteiger partial charge in [0.1, 0.15) is 0 Å². The van der Waals surface area contributed by atoms with E-state index in [-0.39, 0.29) is 5.25 Å². The topological polar surface area (TPSA) is 46.7 Å². The Balaban J connectivity index is 1.95. The minimum atomic E-state index is -3.15. The summed E-state index contributed by atoms with van der Waals surface area (Å²) in [6.45, 7) is 5.55. The molecule has 0 aromatic heterocycles. The molecule has 0 N–H and O–H groups in total. The van der Waals surface area contributed by atoms with Crippen molar-refractivity contribution >= 4 is 9.84 Å². The molecule has 1 fully saturated rings. The summed E-state index contributed by atoms with van der Waals surface area (Å²) in [5.74, 6) is 0. The third-order valence-electron chi connectivity index (χ3n) is 3.68. The average Bonchev–Trinajstić information content (AvgIpc) is 3.15. The zero-order chi connectivity index (χ0) is 14.0. The predicted molar refractivity (Wildman–Crippen MR) is 76.0 cm³/mol. The molecule has 1 heterocycles. The Morgan fingerprint density at radius 3 is 2.26 bits per heavy atom. The number of epoxide rings is 1. The predicted octanol–water partition coefficient (Wildman–Crippen LogP) is 2.98. The van der Waals surface area contributed by atoms with Crippen molar-refractivity contribution in [3.05, 3.63) is 29.8 Å². The van der Waals surface area contributed by atoms with Crippen molar-refractivity contribution in [2.45, 2.75) is 62.4 Å². The first-order valence-corrected chi connectivity index (χ1v) is 8.48. The van der Waals surface area contributed by atoms with Gasteiger partial charge < -0.3 is 4.74 Å². The third kappa shape index (κ3) is 3.37.